The normalized spacial score (nSPS) is 26.2. The lowest BCUT2D eigenvalue weighted by Gasteiger charge is -1.97. The maximum absolute atomic E-state index is 8.53. The predicted octanol–water partition coefficient (Wildman–Crippen LogP) is -0.150. The molecular weight excluding hydrogens is 104 g/mol. The van der Waals surface area contributed by atoms with E-state index in [9.17, 15) is 0 Å². The summed E-state index contributed by atoms with van der Waals surface area (Å²) in [6.07, 6.45) is 1.48. The fourth-order valence-electron chi connectivity index (χ4n) is 0.574. The third-order valence-corrected chi connectivity index (χ3v) is 1.16. The van der Waals surface area contributed by atoms with Crippen molar-refractivity contribution in [1.29, 1.82) is 0 Å². The van der Waals surface area contributed by atoms with Crippen LogP contribution in [0.1, 0.15) is 6.92 Å². The van der Waals surface area contributed by atoms with Crippen molar-refractivity contribution in [1.82, 2.24) is 0 Å². The molecule has 0 saturated heterocycles. The molecule has 1 aliphatic heterocycles. The van der Waals surface area contributed by atoms with Crippen LogP contribution in [0.2, 0.25) is 0 Å². The molecule has 0 aromatic heterocycles. The second-order valence-corrected chi connectivity index (χ2v) is 1.72. The highest BCUT2D eigenvalue weighted by Crippen LogP contribution is 1.98. The van der Waals surface area contributed by atoms with Gasteiger partial charge >= 0.3 is 0 Å². The molecule has 1 aliphatic rings. The van der Waals surface area contributed by atoms with Gasteiger partial charge in [0.05, 0.1) is 18.4 Å². The summed E-state index contributed by atoms with van der Waals surface area (Å²) in [6, 6.07) is 0.0972. The molecule has 8 heavy (non-hydrogen) atoms. The van der Waals surface area contributed by atoms with E-state index >= 15 is 0 Å². The van der Waals surface area contributed by atoms with Gasteiger partial charge in [-0.25, -0.2) is 4.99 Å². The van der Waals surface area contributed by atoms with E-state index in [1.54, 1.807) is 0 Å². The third kappa shape index (κ3) is 0.767. The highest BCUT2D eigenvalue weighted by atomic mass is 16.3. The summed E-state index contributed by atoms with van der Waals surface area (Å²) in [6.45, 7) is 1.93. The first kappa shape index (κ1) is 5.44. The zero-order valence-corrected chi connectivity index (χ0v) is 4.70. The lowest BCUT2D eigenvalue weighted by atomic mass is 10.2. The van der Waals surface area contributed by atoms with Gasteiger partial charge in [0.15, 0.2) is 0 Å². The second-order valence-electron chi connectivity index (χ2n) is 1.72. The van der Waals surface area contributed by atoms with Crippen LogP contribution in [0.15, 0.2) is 9.98 Å². The molecule has 0 aromatic rings. The molecule has 1 N–H and O–H groups in total. The highest BCUT2D eigenvalue weighted by molar-refractivity contribution is 5.99. The minimum atomic E-state index is 0.0289. The largest absolute Gasteiger partial charge is 0.390 e. The monoisotopic (exact) mass is 112 g/mol. The van der Waals surface area contributed by atoms with Crippen LogP contribution in [0.25, 0.3) is 0 Å². The first-order valence-electron chi connectivity index (χ1n) is 2.53. The summed E-state index contributed by atoms with van der Waals surface area (Å²) in [5.74, 6) is 0. The predicted molar refractivity (Wildman–Crippen MR) is 32.5 cm³/mol. The Morgan fingerprint density at radius 2 is 2.62 bits per heavy atom. The van der Waals surface area contributed by atoms with Crippen molar-refractivity contribution >= 4 is 12.1 Å². The number of hydrogen-bond donors (Lipinski definition) is 1. The average molecular weight is 112 g/mol. The Bertz CT molecular complexity index is 139. The molecule has 1 atom stereocenters. The minimum Gasteiger partial charge on any atom is -0.390 e. The van der Waals surface area contributed by atoms with Crippen molar-refractivity contribution in [2.45, 2.75) is 13.0 Å². The van der Waals surface area contributed by atoms with Gasteiger partial charge < -0.3 is 5.11 Å². The van der Waals surface area contributed by atoms with Gasteiger partial charge in [0.25, 0.3) is 0 Å². The molecule has 3 nitrogen and oxygen atoms in total. The van der Waals surface area contributed by atoms with E-state index < -0.39 is 0 Å². The summed E-state index contributed by atoms with van der Waals surface area (Å²) in [5, 5.41) is 8.53. The van der Waals surface area contributed by atoms with E-state index in [2.05, 4.69) is 9.98 Å². The summed E-state index contributed by atoms with van der Waals surface area (Å²) in [4.78, 5) is 7.71. The van der Waals surface area contributed by atoms with Crippen LogP contribution >= 0.6 is 0 Å². The smallest absolute Gasteiger partial charge is 0.110 e. The zero-order valence-electron chi connectivity index (χ0n) is 4.70. The van der Waals surface area contributed by atoms with E-state index in [1.165, 1.54) is 6.34 Å². The van der Waals surface area contributed by atoms with E-state index in [-0.39, 0.29) is 12.6 Å². The van der Waals surface area contributed by atoms with Gasteiger partial charge in [-0.3, -0.25) is 4.99 Å². The Labute approximate surface area is 47.8 Å². The third-order valence-electron chi connectivity index (χ3n) is 1.16. The number of rotatable bonds is 1. The van der Waals surface area contributed by atoms with Crippen molar-refractivity contribution in [2.24, 2.45) is 9.98 Å². The van der Waals surface area contributed by atoms with Gasteiger partial charge in [0, 0.05) is 0 Å². The van der Waals surface area contributed by atoms with Crippen molar-refractivity contribution in [2.75, 3.05) is 6.61 Å². The molecule has 0 bridgehead atoms. The number of aliphatic imine (C=N–C) groups is 2. The van der Waals surface area contributed by atoms with Crippen LogP contribution in [-0.2, 0) is 0 Å². The molecular formula is C5H8N2O. The molecule has 0 unspecified atom stereocenters. The van der Waals surface area contributed by atoms with Crippen LogP contribution in [0.5, 0.6) is 0 Å². The molecule has 0 saturated carbocycles. The van der Waals surface area contributed by atoms with E-state index in [1.807, 2.05) is 6.92 Å². The van der Waals surface area contributed by atoms with Crippen LogP contribution in [0.3, 0.4) is 0 Å². The summed E-state index contributed by atoms with van der Waals surface area (Å²) in [7, 11) is 0. The Balaban J connectivity index is 2.59. The minimum absolute atomic E-state index is 0.0289. The molecule has 0 fully saturated rings. The zero-order chi connectivity index (χ0) is 5.98. The van der Waals surface area contributed by atoms with E-state index in [0.29, 0.717) is 0 Å². The van der Waals surface area contributed by atoms with Gasteiger partial charge in [0.2, 0.25) is 0 Å². The number of nitrogens with zero attached hydrogens (tertiary/aromatic N) is 2. The number of aliphatic hydroxyl groups is 1. The van der Waals surface area contributed by atoms with E-state index in [0.717, 1.165) is 5.71 Å². The lowest BCUT2D eigenvalue weighted by molar-refractivity contribution is 0.354. The highest BCUT2D eigenvalue weighted by Gasteiger charge is 2.09. The lowest BCUT2D eigenvalue weighted by Crippen LogP contribution is -2.14. The maximum atomic E-state index is 8.53. The SMILES string of the molecule is C[C@@H]1N=CN=C1CO. The standard InChI is InChI=1S/C5H8N2O/c1-4-5(2-8)7-3-6-4/h3-4,8H,2H2,1H3/t4-/m0/s1. The Kier molecular flexibility index (Phi) is 1.39. The van der Waals surface area contributed by atoms with Crippen molar-refractivity contribution in [3.05, 3.63) is 0 Å². The van der Waals surface area contributed by atoms with Crippen molar-refractivity contribution in [3.63, 3.8) is 0 Å². The summed E-state index contributed by atoms with van der Waals surface area (Å²) < 4.78 is 0. The van der Waals surface area contributed by atoms with Crippen LogP contribution in [-0.4, -0.2) is 29.8 Å². The van der Waals surface area contributed by atoms with Crippen LogP contribution in [0, 0.1) is 0 Å². The topological polar surface area (TPSA) is 45.0 Å². The van der Waals surface area contributed by atoms with Crippen molar-refractivity contribution < 1.29 is 5.11 Å². The molecule has 0 radical (unpaired) electrons. The van der Waals surface area contributed by atoms with Gasteiger partial charge in [-0.15, -0.1) is 0 Å². The van der Waals surface area contributed by atoms with Gasteiger partial charge in [-0.05, 0) is 6.92 Å². The molecule has 44 valence electrons. The van der Waals surface area contributed by atoms with Gasteiger partial charge in [-0.1, -0.05) is 0 Å². The van der Waals surface area contributed by atoms with Crippen LogP contribution < -0.4 is 0 Å². The fourth-order valence-corrected chi connectivity index (χ4v) is 0.574. The molecule has 0 spiro atoms. The van der Waals surface area contributed by atoms with Crippen molar-refractivity contribution in [3.8, 4) is 0 Å². The molecule has 0 amide bonds. The average Bonchev–Trinajstić information content (AvgIpc) is 2.14. The number of hydrogen-bond acceptors (Lipinski definition) is 3. The number of aliphatic hydroxyl groups excluding tert-OH is 1. The van der Waals surface area contributed by atoms with Crippen LogP contribution in [0.4, 0.5) is 0 Å². The molecule has 0 aromatic carbocycles. The van der Waals surface area contributed by atoms with Gasteiger partial charge in [0.1, 0.15) is 6.34 Å². The summed E-state index contributed by atoms with van der Waals surface area (Å²) in [5.41, 5.74) is 0.755. The molecule has 1 heterocycles. The Morgan fingerprint density at radius 1 is 1.88 bits per heavy atom. The quantitative estimate of drug-likeness (QED) is 0.503. The Hall–Kier alpha value is -0.700. The first-order valence-corrected chi connectivity index (χ1v) is 2.53. The van der Waals surface area contributed by atoms with Gasteiger partial charge in [-0.2, -0.15) is 0 Å². The molecule has 3 heteroatoms. The first-order chi connectivity index (χ1) is 3.84. The maximum Gasteiger partial charge on any atom is 0.110 e. The Morgan fingerprint density at radius 3 is 2.88 bits per heavy atom. The fraction of sp³-hybridized carbons (Fsp3) is 0.600. The molecule has 0 aliphatic carbocycles. The van der Waals surface area contributed by atoms with E-state index in [4.69, 9.17) is 5.11 Å². The molecule has 1 rings (SSSR count). The second kappa shape index (κ2) is 2.05. The summed E-state index contributed by atoms with van der Waals surface area (Å²) >= 11 is 0.